The van der Waals surface area contributed by atoms with Crippen molar-refractivity contribution >= 4 is 17.3 Å². The first-order chi connectivity index (χ1) is 11.4. The number of nitro groups is 1. The number of ether oxygens (including phenoxy) is 1. The summed E-state index contributed by atoms with van der Waals surface area (Å²) in [6.07, 6.45) is -0.185. The number of halogens is 3. The highest BCUT2D eigenvalue weighted by atomic mass is 19.2. The van der Waals surface area contributed by atoms with Gasteiger partial charge in [-0.2, -0.15) is 0 Å². The highest BCUT2D eigenvalue weighted by Gasteiger charge is 2.15. The Bertz CT molecular complexity index is 766. The van der Waals surface area contributed by atoms with Crippen LogP contribution in [0, 0.1) is 27.6 Å². The Morgan fingerprint density at radius 3 is 2.38 bits per heavy atom. The fourth-order valence-corrected chi connectivity index (χ4v) is 1.76. The molecule has 1 amide bonds. The molecule has 2 rings (SSSR count). The van der Waals surface area contributed by atoms with Gasteiger partial charge in [0.1, 0.15) is 5.75 Å². The molecule has 6 nitrogen and oxygen atoms in total. The summed E-state index contributed by atoms with van der Waals surface area (Å²) in [4.78, 5) is 21.6. The van der Waals surface area contributed by atoms with E-state index in [1.807, 2.05) is 0 Å². The normalized spacial score (nSPS) is 10.3. The van der Waals surface area contributed by atoms with Crippen molar-refractivity contribution in [2.45, 2.75) is 6.42 Å². The van der Waals surface area contributed by atoms with Gasteiger partial charge in [-0.1, -0.05) is 0 Å². The number of hydrogen-bond acceptors (Lipinski definition) is 4. The Labute approximate surface area is 134 Å². The van der Waals surface area contributed by atoms with Gasteiger partial charge < -0.3 is 10.1 Å². The van der Waals surface area contributed by atoms with Crippen molar-refractivity contribution in [1.82, 2.24) is 0 Å². The molecule has 2 aromatic carbocycles. The minimum atomic E-state index is -1.67. The maximum atomic E-state index is 13.4. The molecule has 1 N–H and O–H groups in total. The van der Waals surface area contributed by atoms with Crippen LogP contribution in [0.3, 0.4) is 0 Å². The summed E-state index contributed by atoms with van der Waals surface area (Å²) in [6, 6.07) is 6.82. The second-order valence-electron chi connectivity index (χ2n) is 4.62. The highest BCUT2D eigenvalue weighted by Crippen LogP contribution is 2.20. The molecule has 0 bridgehead atoms. The lowest BCUT2D eigenvalue weighted by Crippen LogP contribution is -2.16. The maximum Gasteiger partial charge on any atom is 0.269 e. The van der Waals surface area contributed by atoms with Gasteiger partial charge in [0.15, 0.2) is 17.5 Å². The standard InChI is InChI=1S/C15H11F3N2O4/c16-11-5-6-12(15(18)14(11)17)19-13(21)7-8-24-10-3-1-9(2-4-10)20(22)23/h1-6H,7-8H2,(H,19,21). The van der Waals surface area contributed by atoms with E-state index in [-0.39, 0.29) is 18.7 Å². The smallest absolute Gasteiger partial charge is 0.269 e. The van der Waals surface area contributed by atoms with Crippen molar-refractivity contribution in [1.29, 1.82) is 0 Å². The van der Waals surface area contributed by atoms with Crippen LogP contribution in [-0.4, -0.2) is 17.4 Å². The molecular weight excluding hydrogens is 329 g/mol. The molecular formula is C15H11F3N2O4. The predicted octanol–water partition coefficient (Wildman–Crippen LogP) is 3.42. The fourth-order valence-electron chi connectivity index (χ4n) is 1.76. The first kappa shape index (κ1) is 17.3. The van der Waals surface area contributed by atoms with E-state index < -0.39 is 34.0 Å². The van der Waals surface area contributed by atoms with Crippen molar-refractivity contribution in [2.75, 3.05) is 11.9 Å². The van der Waals surface area contributed by atoms with Crippen LogP contribution in [0.4, 0.5) is 24.5 Å². The molecule has 9 heteroatoms. The van der Waals surface area contributed by atoms with Crippen molar-refractivity contribution in [2.24, 2.45) is 0 Å². The second-order valence-corrected chi connectivity index (χ2v) is 4.62. The first-order valence-corrected chi connectivity index (χ1v) is 6.69. The van der Waals surface area contributed by atoms with E-state index in [1.54, 1.807) is 0 Å². The van der Waals surface area contributed by atoms with Gasteiger partial charge in [-0.25, -0.2) is 13.2 Å². The van der Waals surface area contributed by atoms with Crippen molar-refractivity contribution in [3.63, 3.8) is 0 Å². The fraction of sp³-hybridized carbons (Fsp3) is 0.133. The number of amides is 1. The second kappa shape index (κ2) is 7.44. The van der Waals surface area contributed by atoms with Crippen LogP contribution in [0.1, 0.15) is 6.42 Å². The SMILES string of the molecule is O=C(CCOc1ccc([N+](=O)[O-])cc1)Nc1ccc(F)c(F)c1F. The van der Waals surface area contributed by atoms with Crippen LogP contribution >= 0.6 is 0 Å². The van der Waals surface area contributed by atoms with E-state index in [4.69, 9.17) is 4.74 Å². The van der Waals surface area contributed by atoms with Crippen LogP contribution in [-0.2, 0) is 4.79 Å². The van der Waals surface area contributed by atoms with E-state index in [1.165, 1.54) is 24.3 Å². The number of hydrogen-bond donors (Lipinski definition) is 1. The summed E-state index contributed by atoms with van der Waals surface area (Å²) in [5.74, 6) is -4.87. The third kappa shape index (κ3) is 4.22. The summed E-state index contributed by atoms with van der Waals surface area (Å²) < 4.78 is 44.4. The van der Waals surface area contributed by atoms with Crippen molar-refractivity contribution < 1.29 is 27.6 Å². The molecule has 0 aromatic heterocycles. The number of rotatable bonds is 6. The summed E-state index contributed by atoms with van der Waals surface area (Å²) in [7, 11) is 0. The van der Waals surface area contributed by atoms with Crippen LogP contribution in [0.2, 0.25) is 0 Å². The Balaban J connectivity index is 1.85. The molecule has 126 valence electrons. The number of nitro benzene ring substituents is 1. The lowest BCUT2D eigenvalue weighted by atomic mass is 10.2. The molecule has 0 saturated heterocycles. The molecule has 0 heterocycles. The zero-order chi connectivity index (χ0) is 17.7. The molecule has 24 heavy (non-hydrogen) atoms. The number of nitrogens with zero attached hydrogens (tertiary/aromatic N) is 1. The van der Waals surface area contributed by atoms with Crippen molar-refractivity contribution in [3.05, 3.63) is 64.0 Å². The largest absolute Gasteiger partial charge is 0.493 e. The maximum absolute atomic E-state index is 13.4. The minimum Gasteiger partial charge on any atom is -0.493 e. The monoisotopic (exact) mass is 340 g/mol. The third-order valence-corrected chi connectivity index (χ3v) is 2.95. The van der Waals surface area contributed by atoms with Gasteiger partial charge in [0.2, 0.25) is 5.91 Å². The number of non-ortho nitro benzene ring substituents is 1. The molecule has 2 aromatic rings. The lowest BCUT2D eigenvalue weighted by Gasteiger charge is -2.08. The van der Waals surface area contributed by atoms with Gasteiger partial charge in [0.05, 0.1) is 23.6 Å². The van der Waals surface area contributed by atoms with Crippen molar-refractivity contribution in [3.8, 4) is 5.75 Å². The average Bonchev–Trinajstić information content (AvgIpc) is 2.56. The molecule has 0 aliphatic heterocycles. The molecule has 0 aliphatic carbocycles. The molecule has 0 saturated carbocycles. The molecule has 0 radical (unpaired) electrons. The number of carbonyl (C=O) groups is 1. The van der Waals surface area contributed by atoms with Crippen LogP contribution in [0.25, 0.3) is 0 Å². The van der Waals surface area contributed by atoms with E-state index in [0.717, 1.165) is 6.07 Å². The average molecular weight is 340 g/mol. The topological polar surface area (TPSA) is 81.5 Å². The van der Waals surface area contributed by atoms with Gasteiger partial charge in [-0.3, -0.25) is 14.9 Å². The zero-order valence-electron chi connectivity index (χ0n) is 12.1. The van der Waals surface area contributed by atoms with Crippen LogP contribution < -0.4 is 10.1 Å². The molecule has 0 atom stereocenters. The molecule has 0 aliphatic rings. The number of nitrogens with one attached hydrogen (secondary N) is 1. The highest BCUT2D eigenvalue weighted by molar-refractivity contribution is 5.90. The Morgan fingerprint density at radius 1 is 1.08 bits per heavy atom. The van der Waals surface area contributed by atoms with Gasteiger partial charge in [0, 0.05) is 12.1 Å². The van der Waals surface area contributed by atoms with E-state index in [0.29, 0.717) is 11.8 Å². The van der Waals surface area contributed by atoms with Gasteiger partial charge in [0.25, 0.3) is 5.69 Å². The van der Waals surface area contributed by atoms with Crippen LogP contribution in [0.15, 0.2) is 36.4 Å². The molecule has 0 spiro atoms. The summed E-state index contributed by atoms with van der Waals surface area (Å²) >= 11 is 0. The number of anilines is 1. The predicted molar refractivity (Wildman–Crippen MR) is 78.2 cm³/mol. The third-order valence-electron chi connectivity index (χ3n) is 2.95. The van der Waals surface area contributed by atoms with Gasteiger partial charge in [-0.15, -0.1) is 0 Å². The first-order valence-electron chi connectivity index (χ1n) is 6.69. The summed E-state index contributed by atoms with van der Waals surface area (Å²) in [5, 5.41) is 12.6. The Kier molecular flexibility index (Phi) is 5.35. The Morgan fingerprint density at radius 2 is 1.75 bits per heavy atom. The molecule has 0 fully saturated rings. The molecule has 0 unspecified atom stereocenters. The zero-order valence-corrected chi connectivity index (χ0v) is 12.1. The summed E-state index contributed by atoms with van der Waals surface area (Å²) in [5.41, 5.74) is -0.580. The van der Waals surface area contributed by atoms with E-state index in [9.17, 15) is 28.1 Å². The Hall–Kier alpha value is -3.10. The lowest BCUT2D eigenvalue weighted by molar-refractivity contribution is -0.384. The summed E-state index contributed by atoms with van der Waals surface area (Å²) in [6.45, 7) is -0.0884. The van der Waals surface area contributed by atoms with E-state index in [2.05, 4.69) is 5.32 Å². The quantitative estimate of drug-likeness (QED) is 0.496. The van der Waals surface area contributed by atoms with E-state index >= 15 is 0 Å². The van der Waals surface area contributed by atoms with Gasteiger partial charge in [-0.05, 0) is 24.3 Å². The van der Waals surface area contributed by atoms with Gasteiger partial charge >= 0.3 is 0 Å². The minimum absolute atomic E-state index is 0.0884. The number of carbonyl (C=O) groups excluding carboxylic acids is 1. The van der Waals surface area contributed by atoms with Crippen LogP contribution in [0.5, 0.6) is 5.75 Å². The number of benzene rings is 2.